The third-order valence-corrected chi connectivity index (χ3v) is 4.54. The number of hydrogen-bond acceptors (Lipinski definition) is 5. The number of hydrogen-bond donors (Lipinski definition) is 0. The number of carbonyl (C=O) groups is 2. The van der Waals surface area contributed by atoms with Crippen molar-refractivity contribution in [1.82, 2.24) is 0 Å². The minimum absolute atomic E-state index is 0.171. The number of carbonyl (C=O) groups excluding carboxylic acids is 2. The van der Waals surface area contributed by atoms with E-state index in [0.29, 0.717) is 18.8 Å². The predicted octanol–water partition coefficient (Wildman–Crippen LogP) is 2.40. The monoisotopic (exact) mass is 338 g/mol. The summed E-state index contributed by atoms with van der Waals surface area (Å²) in [7, 11) is 0. The molecule has 1 saturated heterocycles. The number of rotatable bonds is 4. The topological polar surface area (TPSA) is 61.8 Å². The quantitative estimate of drug-likeness (QED) is 0.540. The van der Waals surface area contributed by atoms with Crippen LogP contribution in [0.3, 0.4) is 0 Å². The van der Waals surface area contributed by atoms with Crippen LogP contribution in [-0.4, -0.2) is 44.3 Å². The fourth-order valence-electron chi connectivity index (χ4n) is 3.26. The second kappa shape index (κ2) is 6.78. The normalized spacial score (nSPS) is 18.3. The van der Waals surface area contributed by atoms with Gasteiger partial charge in [-0.25, -0.2) is 4.79 Å². The highest BCUT2D eigenvalue weighted by Crippen LogP contribution is 2.36. The van der Waals surface area contributed by atoms with Crippen LogP contribution < -0.4 is 0 Å². The van der Waals surface area contributed by atoms with Gasteiger partial charge in [0, 0.05) is 5.56 Å². The molecule has 25 heavy (non-hydrogen) atoms. The molecule has 5 heteroatoms. The van der Waals surface area contributed by atoms with Crippen molar-refractivity contribution in [2.45, 2.75) is 12.5 Å². The van der Waals surface area contributed by atoms with E-state index in [-0.39, 0.29) is 19.0 Å². The number of benzene rings is 2. The molecule has 5 nitrogen and oxygen atoms in total. The zero-order valence-corrected chi connectivity index (χ0v) is 13.7. The Labute approximate surface area is 145 Å². The van der Waals surface area contributed by atoms with Crippen LogP contribution in [-0.2, 0) is 25.4 Å². The van der Waals surface area contributed by atoms with E-state index in [1.807, 2.05) is 24.3 Å². The first-order chi connectivity index (χ1) is 12.2. The van der Waals surface area contributed by atoms with E-state index in [2.05, 4.69) is 12.1 Å². The molecule has 1 aliphatic carbocycles. The standard InChI is InChI=1S/C20H18O5/c21-18(11-25-20(22)19-12-23-7-8-24-19)14-5-6-17-15(10-14)9-13-3-1-2-4-16(13)17/h1-6,10,19H,7-9,11-12H2/t19-/m0/s1. The summed E-state index contributed by atoms with van der Waals surface area (Å²) in [5, 5.41) is 0. The highest BCUT2D eigenvalue weighted by Gasteiger charge is 2.25. The average Bonchev–Trinajstić information content (AvgIpc) is 3.04. The predicted molar refractivity (Wildman–Crippen MR) is 90.5 cm³/mol. The molecule has 0 radical (unpaired) electrons. The summed E-state index contributed by atoms with van der Waals surface area (Å²) < 4.78 is 15.5. The minimum atomic E-state index is -0.740. The van der Waals surface area contributed by atoms with Gasteiger partial charge in [0.2, 0.25) is 0 Å². The molecule has 1 heterocycles. The Morgan fingerprint density at radius 3 is 2.72 bits per heavy atom. The highest BCUT2D eigenvalue weighted by atomic mass is 16.6. The number of ketones is 1. The summed E-state index contributed by atoms with van der Waals surface area (Å²) >= 11 is 0. The Morgan fingerprint density at radius 2 is 1.88 bits per heavy atom. The third-order valence-electron chi connectivity index (χ3n) is 4.54. The van der Waals surface area contributed by atoms with E-state index < -0.39 is 12.1 Å². The Kier molecular flexibility index (Phi) is 4.34. The van der Waals surface area contributed by atoms with E-state index in [4.69, 9.17) is 14.2 Å². The highest BCUT2D eigenvalue weighted by molar-refractivity contribution is 5.99. The van der Waals surface area contributed by atoms with Crippen LogP contribution >= 0.6 is 0 Å². The number of fused-ring (bicyclic) bond motifs is 3. The van der Waals surface area contributed by atoms with Crippen molar-refractivity contribution in [3.8, 4) is 11.1 Å². The van der Waals surface area contributed by atoms with Crippen molar-refractivity contribution >= 4 is 11.8 Å². The molecule has 0 saturated carbocycles. The smallest absolute Gasteiger partial charge is 0.338 e. The number of esters is 1. The molecule has 1 aliphatic heterocycles. The average molecular weight is 338 g/mol. The van der Waals surface area contributed by atoms with Crippen LogP contribution in [0.4, 0.5) is 0 Å². The van der Waals surface area contributed by atoms with E-state index in [9.17, 15) is 9.59 Å². The van der Waals surface area contributed by atoms with Crippen LogP contribution in [0.15, 0.2) is 42.5 Å². The van der Waals surface area contributed by atoms with E-state index in [1.54, 1.807) is 6.07 Å². The first-order valence-electron chi connectivity index (χ1n) is 8.33. The number of Topliss-reactive ketones (excluding diaryl/α,β-unsaturated/α-hetero) is 1. The van der Waals surface area contributed by atoms with E-state index >= 15 is 0 Å². The molecule has 128 valence electrons. The molecule has 2 aliphatic rings. The van der Waals surface area contributed by atoms with Gasteiger partial charge in [0.1, 0.15) is 0 Å². The van der Waals surface area contributed by atoms with Crippen molar-refractivity contribution < 1.29 is 23.8 Å². The van der Waals surface area contributed by atoms with Crippen LogP contribution in [0.2, 0.25) is 0 Å². The molecule has 0 unspecified atom stereocenters. The molecule has 4 rings (SSSR count). The minimum Gasteiger partial charge on any atom is -0.455 e. The maximum absolute atomic E-state index is 12.4. The maximum Gasteiger partial charge on any atom is 0.338 e. The van der Waals surface area contributed by atoms with Gasteiger partial charge in [-0.05, 0) is 34.7 Å². The van der Waals surface area contributed by atoms with Crippen molar-refractivity contribution in [2.75, 3.05) is 26.4 Å². The largest absolute Gasteiger partial charge is 0.455 e. The molecule has 0 N–H and O–H groups in total. The van der Waals surface area contributed by atoms with Gasteiger partial charge in [-0.1, -0.05) is 36.4 Å². The van der Waals surface area contributed by atoms with E-state index in [1.165, 1.54) is 11.1 Å². The van der Waals surface area contributed by atoms with Crippen LogP contribution in [0.5, 0.6) is 0 Å². The van der Waals surface area contributed by atoms with Crippen molar-refractivity contribution in [3.05, 3.63) is 59.2 Å². The first-order valence-corrected chi connectivity index (χ1v) is 8.33. The summed E-state index contributed by atoms with van der Waals surface area (Å²) in [6.07, 6.45) is 0.0794. The third kappa shape index (κ3) is 3.21. The molecule has 0 amide bonds. The van der Waals surface area contributed by atoms with Gasteiger partial charge >= 0.3 is 5.97 Å². The van der Waals surface area contributed by atoms with Gasteiger partial charge in [0.15, 0.2) is 18.5 Å². The molecule has 0 bridgehead atoms. The second-order valence-electron chi connectivity index (χ2n) is 6.17. The van der Waals surface area contributed by atoms with Gasteiger partial charge < -0.3 is 14.2 Å². The summed E-state index contributed by atoms with van der Waals surface area (Å²) in [5.41, 5.74) is 5.33. The zero-order chi connectivity index (χ0) is 17.2. The maximum atomic E-state index is 12.4. The van der Waals surface area contributed by atoms with E-state index in [0.717, 1.165) is 17.5 Å². The Balaban J connectivity index is 1.42. The molecule has 1 atom stereocenters. The van der Waals surface area contributed by atoms with Crippen LogP contribution in [0.25, 0.3) is 11.1 Å². The lowest BCUT2D eigenvalue weighted by Crippen LogP contribution is -2.37. The molecule has 0 aromatic heterocycles. The molecule has 1 fully saturated rings. The van der Waals surface area contributed by atoms with Gasteiger partial charge in [-0.15, -0.1) is 0 Å². The molecule has 0 spiro atoms. The Hall–Kier alpha value is -2.50. The van der Waals surface area contributed by atoms with Gasteiger partial charge in [0.05, 0.1) is 19.8 Å². The van der Waals surface area contributed by atoms with Crippen molar-refractivity contribution in [2.24, 2.45) is 0 Å². The molecular formula is C20H18O5. The SMILES string of the molecule is O=C(COC(=O)[C@@H]1COCCO1)c1ccc2c(c1)Cc1ccccc1-2. The lowest BCUT2D eigenvalue weighted by atomic mass is 10.0. The Morgan fingerprint density at radius 1 is 1.04 bits per heavy atom. The van der Waals surface area contributed by atoms with Crippen molar-refractivity contribution in [3.63, 3.8) is 0 Å². The lowest BCUT2D eigenvalue weighted by molar-refractivity contribution is -0.169. The van der Waals surface area contributed by atoms with Gasteiger partial charge in [0.25, 0.3) is 0 Å². The fraction of sp³-hybridized carbons (Fsp3) is 0.300. The summed E-state index contributed by atoms with van der Waals surface area (Å²) in [5.74, 6) is -0.773. The summed E-state index contributed by atoms with van der Waals surface area (Å²) in [6, 6.07) is 13.9. The molecule has 2 aromatic carbocycles. The van der Waals surface area contributed by atoms with Crippen LogP contribution in [0, 0.1) is 0 Å². The Bertz CT molecular complexity index is 821. The van der Waals surface area contributed by atoms with Crippen LogP contribution in [0.1, 0.15) is 21.5 Å². The second-order valence-corrected chi connectivity index (χ2v) is 6.17. The summed E-state index contributed by atoms with van der Waals surface area (Å²) in [4.78, 5) is 24.2. The lowest BCUT2D eigenvalue weighted by Gasteiger charge is -2.21. The van der Waals surface area contributed by atoms with Gasteiger partial charge in [-0.3, -0.25) is 4.79 Å². The molecule has 2 aromatic rings. The first kappa shape index (κ1) is 16.0. The van der Waals surface area contributed by atoms with Crippen molar-refractivity contribution in [1.29, 1.82) is 0 Å². The fourth-order valence-corrected chi connectivity index (χ4v) is 3.26. The molecular weight excluding hydrogens is 320 g/mol. The van der Waals surface area contributed by atoms with Gasteiger partial charge in [-0.2, -0.15) is 0 Å². The number of ether oxygens (including phenoxy) is 3. The zero-order valence-electron chi connectivity index (χ0n) is 13.7. The summed E-state index contributed by atoms with van der Waals surface area (Å²) in [6.45, 7) is 0.716.